The first-order chi connectivity index (χ1) is 7.65. The summed E-state index contributed by atoms with van der Waals surface area (Å²) in [5.41, 5.74) is 1.15. The van der Waals surface area contributed by atoms with Gasteiger partial charge in [0.1, 0.15) is 6.04 Å². The van der Waals surface area contributed by atoms with E-state index < -0.39 is 0 Å². The third-order valence-electron chi connectivity index (χ3n) is 2.45. The van der Waals surface area contributed by atoms with Gasteiger partial charge in [-0.15, -0.1) is 0 Å². The monoisotopic (exact) mass is 221 g/mol. The van der Waals surface area contributed by atoms with Crippen molar-refractivity contribution in [3.05, 3.63) is 35.9 Å². The van der Waals surface area contributed by atoms with Crippen molar-refractivity contribution in [1.82, 2.24) is 4.90 Å². The Morgan fingerprint density at radius 3 is 2.44 bits per heavy atom. The van der Waals surface area contributed by atoms with Crippen LogP contribution in [0, 0.1) is 0 Å². The van der Waals surface area contributed by atoms with E-state index in [0.29, 0.717) is 13.0 Å². The molecule has 0 spiro atoms. The molecule has 0 amide bonds. The van der Waals surface area contributed by atoms with Gasteiger partial charge in [0.05, 0.1) is 6.61 Å². The van der Waals surface area contributed by atoms with Gasteiger partial charge in [0.15, 0.2) is 0 Å². The minimum Gasteiger partial charge on any atom is -0.465 e. The Bertz CT molecular complexity index is 322. The molecular weight excluding hydrogens is 202 g/mol. The summed E-state index contributed by atoms with van der Waals surface area (Å²) in [5.74, 6) is -0.156. The Morgan fingerprint density at radius 1 is 1.31 bits per heavy atom. The molecule has 0 aliphatic carbocycles. The topological polar surface area (TPSA) is 29.5 Å². The maximum atomic E-state index is 11.7. The quantitative estimate of drug-likeness (QED) is 0.709. The van der Waals surface area contributed by atoms with Crippen molar-refractivity contribution in [3.8, 4) is 0 Å². The van der Waals surface area contributed by atoms with Crippen molar-refractivity contribution in [3.63, 3.8) is 0 Å². The number of nitrogens with zero attached hydrogens (tertiary/aromatic N) is 1. The van der Waals surface area contributed by atoms with E-state index >= 15 is 0 Å². The summed E-state index contributed by atoms with van der Waals surface area (Å²) in [4.78, 5) is 13.6. The normalized spacial score (nSPS) is 12.5. The molecule has 0 saturated heterocycles. The van der Waals surface area contributed by atoms with Gasteiger partial charge in [0, 0.05) is 0 Å². The fourth-order valence-electron chi connectivity index (χ4n) is 1.55. The predicted molar refractivity (Wildman–Crippen MR) is 64.3 cm³/mol. The van der Waals surface area contributed by atoms with Gasteiger partial charge in [-0.05, 0) is 33.0 Å². The standard InChI is InChI=1S/C13H19NO2/c1-4-16-13(15)12(14(2)3)10-11-8-6-5-7-9-11/h5-9,12H,4,10H2,1-3H3. The van der Waals surface area contributed by atoms with E-state index in [1.165, 1.54) is 0 Å². The number of esters is 1. The molecule has 1 aromatic carbocycles. The number of hydrogen-bond acceptors (Lipinski definition) is 3. The Morgan fingerprint density at radius 2 is 1.94 bits per heavy atom. The summed E-state index contributed by atoms with van der Waals surface area (Å²) in [5, 5.41) is 0. The second-order valence-electron chi connectivity index (χ2n) is 3.92. The number of benzene rings is 1. The molecule has 0 saturated carbocycles. The van der Waals surface area contributed by atoms with Crippen LogP contribution in [0.3, 0.4) is 0 Å². The lowest BCUT2D eigenvalue weighted by atomic mass is 10.1. The van der Waals surface area contributed by atoms with E-state index in [-0.39, 0.29) is 12.0 Å². The SMILES string of the molecule is CCOC(=O)C(Cc1ccccc1)N(C)C. The number of carbonyl (C=O) groups is 1. The summed E-state index contributed by atoms with van der Waals surface area (Å²) in [6.45, 7) is 2.26. The van der Waals surface area contributed by atoms with Crippen LogP contribution < -0.4 is 0 Å². The van der Waals surface area contributed by atoms with Gasteiger partial charge in [-0.2, -0.15) is 0 Å². The largest absolute Gasteiger partial charge is 0.465 e. The molecule has 0 radical (unpaired) electrons. The fraction of sp³-hybridized carbons (Fsp3) is 0.462. The third-order valence-corrected chi connectivity index (χ3v) is 2.45. The molecule has 0 bridgehead atoms. The molecule has 0 aliphatic heterocycles. The zero-order chi connectivity index (χ0) is 12.0. The Kier molecular flexibility index (Phi) is 4.99. The molecule has 0 N–H and O–H groups in total. The second kappa shape index (κ2) is 6.28. The Hall–Kier alpha value is -1.35. The van der Waals surface area contributed by atoms with Crippen LogP contribution in [0.2, 0.25) is 0 Å². The highest BCUT2D eigenvalue weighted by Crippen LogP contribution is 2.08. The molecule has 1 atom stereocenters. The maximum absolute atomic E-state index is 11.7. The minimum absolute atomic E-state index is 0.156. The van der Waals surface area contributed by atoms with Crippen LogP contribution in [0.15, 0.2) is 30.3 Å². The van der Waals surface area contributed by atoms with Gasteiger partial charge in [-0.1, -0.05) is 30.3 Å². The highest BCUT2D eigenvalue weighted by Gasteiger charge is 2.22. The smallest absolute Gasteiger partial charge is 0.323 e. The fourth-order valence-corrected chi connectivity index (χ4v) is 1.55. The summed E-state index contributed by atoms with van der Waals surface area (Å²) < 4.78 is 5.06. The summed E-state index contributed by atoms with van der Waals surface area (Å²) >= 11 is 0. The van der Waals surface area contributed by atoms with Crippen molar-refractivity contribution in [2.45, 2.75) is 19.4 Å². The molecule has 0 fully saturated rings. The summed E-state index contributed by atoms with van der Waals surface area (Å²) in [6, 6.07) is 9.77. The first-order valence-corrected chi connectivity index (χ1v) is 5.52. The van der Waals surface area contributed by atoms with Crippen molar-refractivity contribution in [1.29, 1.82) is 0 Å². The van der Waals surface area contributed by atoms with Crippen molar-refractivity contribution < 1.29 is 9.53 Å². The van der Waals surface area contributed by atoms with E-state index in [4.69, 9.17) is 4.74 Å². The third kappa shape index (κ3) is 3.66. The van der Waals surface area contributed by atoms with Gasteiger partial charge >= 0.3 is 5.97 Å². The van der Waals surface area contributed by atoms with Gasteiger partial charge in [0.25, 0.3) is 0 Å². The number of hydrogen-bond donors (Lipinski definition) is 0. The molecule has 1 rings (SSSR count). The van der Waals surface area contributed by atoms with Crippen LogP contribution in [0.4, 0.5) is 0 Å². The zero-order valence-electron chi connectivity index (χ0n) is 10.1. The van der Waals surface area contributed by atoms with E-state index in [2.05, 4.69) is 0 Å². The molecular formula is C13H19NO2. The summed E-state index contributed by atoms with van der Waals surface area (Å²) in [6.07, 6.45) is 0.687. The van der Waals surface area contributed by atoms with Gasteiger partial charge in [-0.25, -0.2) is 0 Å². The first kappa shape index (κ1) is 12.7. The van der Waals surface area contributed by atoms with Crippen LogP contribution in [0.25, 0.3) is 0 Å². The molecule has 0 heterocycles. The molecule has 3 nitrogen and oxygen atoms in total. The average molecular weight is 221 g/mol. The van der Waals surface area contributed by atoms with Crippen molar-refractivity contribution in [2.24, 2.45) is 0 Å². The molecule has 1 aromatic rings. The molecule has 0 aromatic heterocycles. The van der Waals surface area contributed by atoms with Crippen LogP contribution in [0.5, 0.6) is 0 Å². The van der Waals surface area contributed by atoms with Crippen LogP contribution in [-0.2, 0) is 16.0 Å². The lowest BCUT2D eigenvalue weighted by molar-refractivity contribution is -0.148. The maximum Gasteiger partial charge on any atom is 0.323 e. The highest BCUT2D eigenvalue weighted by atomic mass is 16.5. The highest BCUT2D eigenvalue weighted by molar-refractivity contribution is 5.76. The molecule has 88 valence electrons. The Balaban J connectivity index is 2.69. The first-order valence-electron chi connectivity index (χ1n) is 5.52. The number of carbonyl (C=O) groups excluding carboxylic acids is 1. The molecule has 0 aliphatic rings. The molecule has 16 heavy (non-hydrogen) atoms. The second-order valence-corrected chi connectivity index (χ2v) is 3.92. The lowest BCUT2D eigenvalue weighted by Crippen LogP contribution is -2.38. The van der Waals surface area contributed by atoms with Gasteiger partial charge < -0.3 is 4.74 Å². The van der Waals surface area contributed by atoms with Crippen LogP contribution in [0.1, 0.15) is 12.5 Å². The van der Waals surface area contributed by atoms with Gasteiger partial charge in [-0.3, -0.25) is 9.69 Å². The van der Waals surface area contributed by atoms with E-state index in [9.17, 15) is 4.79 Å². The van der Waals surface area contributed by atoms with Crippen LogP contribution in [-0.4, -0.2) is 37.6 Å². The summed E-state index contributed by atoms with van der Waals surface area (Å²) in [7, 11) is 3.79. The lowest BCUT2D eigenvalue weighted by Gasteiger charge is -2.22. The van der Waals surface area contributed by atoms with E-state index in [1.807, 2.05) is 56.3 Å². The zero-order valence-corrected chi connectivity index (χ0v) is 10.1. The van der Waals surface area contributed by atoms with E-state index in [0.717, 1.165) is 5.56 Å². The van der Waals surface area contributed by atoms with E-state index in [1.54, 1.807) is 0 Å². The van der Waals surface area contributed by atoms with Crippen molar-refractivity contribution >= 4 is 5.97 Å². The van der Waals surface area contributed by atoms with Gasteiger partial charge in [0.2, 0.25) is 0 Å². The number of likely N-dealkylation sites (N-methyl/N-ethyl adjacent to an activating group) is 1. The molecule has 1 unspecified atom stereocenters. The Labute approximate surface area is 97.0 Å². The van der Waals surface area contributed by atoms with Crippen LogP contribution >= 0.6 is 0 Å². The average Bonchev–Trinajstić information content (AvgIpc) is 2.27. The number of ether oxygens (including phenoxy) is 1. The number of rotatable bonds is 5. The van der Waals surface area contributed by atoms with Crippen molar-refractivity contribution in [2.75, 3.05) is 20.7 Å². The minimum atomic E-state index is -0.206. The molecule has 3 heteroatoms. The predicted octanol–water partition coefficient (Wildman–Crippen LogP) is 1.72.